The fourth-order valence-electron chi connectivity index (χ4n) is 2.41. The molecule has 1 aliphatic carbocycles. The van der Waals surface area contributed by atoms with Crippen molar-refractivity contribution in [2.75, 3.05) is 0 Å². The summed E-state index contributed by atoms with van der Waals surface area (Å²) in [6.45, 7) is 4.31. The Balaban J connectivity index is 2.13. The number of para-hydroxylation sites is 1. The van der Waals surface area contributed by atoms with Crippen LogP contribution in [0.4, 0.5) is 0 Å². The first-order valence-electron chi connectivity index (χ1n) is 5.95. The SMILES string of the molecule is Cc1[nH]c2c(CC3(N)CC3)cccc2c1C. The van der Waals surface area contributed by atoms with Crippen molar-refractivity contribution >= 4 is 10.9 Å². The van der Waals surface area contributed by atoms with E-state index in [9.17, 15) is 0 Å². The molecule has 1 aliphatic rings. The zero-order chi connectivity index (χ0) is 11.3. The number of benzene rings is 1. The van der Waals surface area contributed by atoms with Gasteiger partial charge in [-0.25, -0.2) is 0 Å². The fourth-order valence-corrected chi connectivity index (χ4v) is 2.41. The van der Waals surface area contributed by atoms with Crippen LogP contribution in [-0.2, 0) is 6.42 Å². The molecule has 0 bridgehead atoms. The highest BCUT2D eigenvalue weighted by atomic mass is 14.8. The average molecular weight is 214 g/mol. The fraction of sp³-hybridized carbons (Fsp3) is 0.429. The van der Waals surface area contributed by atoms with E-state index in [2.05, 4.69) is 37.0 Å². The lowest BCUT2D eigenvalue weighted by Gasteiger charge is -2.09. The van der Waals surface area contributed by atoms with Crippen molar-refractivity contribution in [3.63, 3.8) is 0 Å². The summed E-state index contributed by atoms with van der Waals surface area (Å²) in [6.07, 6.45) is 3.34. The normalized spacial score (nSPS) is 17.9. The van der Waals surface area contributed by atoms with E-state index in [1.54, 1.807) is 0 Å². The van der Waals surface area contributed by atoms with E-state index in [0.717, 1.165) is 6.42 Å². The molecule has 2 heteroatoms. The van der Waals surface area contributed by atoms with Gasteiger partial charge in [-0.05, 0) is 44.2 Å². The quantitative estimate of drug-likeness (QED) is 0.793. The minimum atomic E-state index is 0.0845. The summed E-state index contributed by atoms with van der Waals surface area (Å²) in [7, 11) is 0. The molecule has 1 fully saturated rings. The van der Waals surface area contributed by atoms with Gasteiger partial charge >= 0.3 is 0 Å². The standard InChI is InChI=1S/C14H18N2/c1-9-10(2)16-13-11(4-3-5-12(9)13)8-14(15)6-7-14/h3-5,16H,6-8,15H2,1-2H3. The first kappa shape index (κ1) is 9.91. The smallest absolute Gasteiger partial charge is 0.0492 e. The van der Waals surface area contributed by atoms with E-state index in [0.29, 0.717) is 0 Å². The van der Waals surface area contributed by atoms with Gasteiger partial charge in [0.2, 0.25) is 0 Å². The topological polar surface area (TPSA) is 41.8 Å². The largest absolute Gasteiger partial charge is 0.358 e. The second-order valence-corrected chi connectivity index (χ2v) is 5.25. The van der Waals surface area contributed by atoms with Gasteiger partial charge in [0.1, 0.15) is 0 Å². The molecule has 16 heavy (non-hydrogen) atoms. The first-order valence-corrected chi connectivity index (χ1v) is 5.95. The Morgan fingerprint density at radius 3 is 2.75 bits per heavy atom. The summed E-state index contributed by atoms with van der Waals surface area (Å²) in [4.78, 5) is 3.49. The van der Waals surface area contributed by atoms with Crippen molar-refractivity contribution in [3.8, 4) is 0 Å². The number of H-pyrrole nitrogens is 1. The highest BCUT2D eigenvalue weighted by Gasteiger charge is 2.38. The molecule has 84 valence electrons. The van der Waals surface area contributed by atoms with Crippen molar-refractivity contribution in [2.45, 2.75) is 38.6 Å². The van der Waals surface area contributed by atoms with Gasteiger partial charge in [0, 0.05) is 22.1 Å². The van der Waals surface area contributed by atoms with Crippen molar-refractivity contribution in [2.24, 2.45) is 5.73 Å². The van der Waals surface area contributed by atoms with E-state index in [1.165, 1.54) is 40.6 Å². The number of aryl methyl sites for hydroxylation is 2. The molecule has 1 aromatic carbocycles. The molecule has 1 heterocycles. The molecule has 1 saturated carbocycles. The number of hydrogen-bond acceptors (Lipinski definition) is 1. The molecule has 0 unspecified atom stereocenters. The van der Waals surface area contributed by atoms with Crippen molar-refractivity contribution < 1.29 is 0 Å². The Bertz CT molecular complexity index is 547. The van der Waals surface area contributed by atoms with Gasteiger partial charge < -0.3 is 10.7 Å². The first-order chi connectivity index (χ1) is 7.59. The molecule has 0 atom stereocenters. The predicted molar refractivity (Wildman–Crippen MR) is 67.6 cm³/mol. The lowest BCUT2D eigenvalue weighted by molar-refractivity contribution is 0.674. The molecule has 2 aromatic rings. The average Bonchev–Trinajstić information content (AvgIpc) is 2.90. The van der Waals surface area contributed by atoms with E-state index in [1.807, 2.05) is 0 Å². The molecule has 3 rings (SSSR count). The third-order valence-electron chi connectivity index (χ3n) is 3.86. The summed E-state index contributed by atoms with van der Waals surface area (Å²) >= 11 is 0. The number of nitrogens with two attached hydrogens (primary N) is 1. The summed E-state index contributed by atoms with van der Waals surface area (Å²) in [5.74, 6) is 0. The molecular weight excluding hydrogens is 196 g/mol. The van der Waals surface area contributed by atoms with Crippen LogP contribution in [0.3, 0.4) is 0 Å². The third kappa shape index (κ3) is 1.45. The molecule has 0 radical (unpaired) electrons. The van der Waals surface area contributed by atoms with Gasteiger partial charge in [0.05, 0.1) is 0 Å². The molecule has 0 saturated heterocycles. The van der Waals surface area contributed by atoms with Crippen molar-refractivity contribution in [1.82, 2.24) is 4.98 Å². The molecule has 0 aliphatic heterocycles. The van der Waals surface area contributed by atoms with Crippen LogP contribution >= 0.6 is 0 Å². The maximum absolute atomic E-state index is 6.20. The van der Waals surface area contributed by atoms with Gasteiger partial charge in [-0.2, -0.15) is 0 Å². The molecule has 0 amide bonds. The predicted octanol–water partition coefficient (Wildman–Crippen LogP) is 2.82. The summed E-state index contributed by atoms with van der Waals surface area (Å²) in [5, 5.41) is 1.35. The Kier molecular flexibility index (Phi) is 1.93. The minimum Gasteiger partial charge on any atom is -0.358 e. The number of rotatable bonds is 2. The van der Waals surface area contributed by atoms with E-state index >= 15 is 0 Å². The lowest BCUT2D eigenvalue weighted by atomic mass is 10.0. The highest BCUT2D eigenvalue weighted by Crippen LogP contribution is 2.37. The number of nitrogens with one attached hydrogen (secondary N) is 1. The summed E-state index contributed by atoms with van der Waals surface area (Å²) in [5.41, 5.74) is 11.6. The van der Waals surface area contributed by atoms with Crippen LogP contribution in [0.15, 0.2) is 18.2 Å². The zero-order valence-corrected chi connectivity index (χ0v) is 9.93. The van der Waals surface area contributed by atoms with Gasteiger partial charge in [-0.3, -0.25) is 0 Å². The molecule has 2 nitrogen and oxygen atoms in total. The summed E-state index contributed by atoms with van der Waals surface area (Å²) < 4.78 is 0. The van der Waals surface area contributed by atoms with E-state index < -0.39 is 0 Å². The monoisotopic (exact) mass is 214 g/mol. The van der Waals surface area contributed by atoms with Crippen LogP contribution < -0.4 is 5.73 Å². The van der Waals surface area contributed by atoms with Crippen molar-refractivity contribution in [3.05, 3.63) is 35.0 Å². The zero-order valence-electron chi connectivity index (χ0n) is 9.93. The minimum absolute atomic E-state index is 0.0845. The second-order valence-electron chi connectivity index (χ2n) is 5.25. The summed E-state index contributed by atoms with van der Waals surface area (Å²) in [6, 6.07) is 6.53. The van der Waals surface area contributed by atoms with Crippen LogP contribution in [0.5, 0.6) is 0 Å². The van der Waals surface area contributed by atoms with Gasteiger partial charge in [0.15, 0.2) is 0 Å². The Labute approximate surface area is 95.8 Å². The van der Waals surface area contributed by atoms with Crippen LogP contribution in [0, 0.1) is 13.8 Å². The Morgan fingerprint density at radius 2 is 2.06 bits per heavy atom. The maximum atomic E-state index is 6.20. The molecule has 0 spiro atoms. The Hall–Kier alpha value is -1.28. The van der Waals surface area contributed by atoms with Crippen molar-refractivity contribution in [1.29, 1.82) is 0 Å². The molecule has 3 N–H and O–H groups in total. The second kappa shape index (κ2) is 3.11. The number of aromatic amines is 1. The van der Waals surface area contributed by atoms with Gasteiger partial charge in [-0.15, -0.1) is 0 Å². The van der Waals surface area contributed by atoms with Gasteiger partial charge in [0.25, 0.3) is 0 Å². The molecule has 1 aromatic heterocycles. The van der Waals surface area contributed by atoms with Crippen LogP contribution in [0.2, 0.25) is 0 Å². The van der Waals surface area contributed by atoms with Crippen LogP contribution in [-0.4, -0.2) is 10.5 Å². The maximum Gasteiger partial charge on any atom is 0.0492 e. The van der Waals surface area contributed by atoms with Gasteiger partial charge in [-0.1, -0.05) is 18.2 Å². The van der Waals surface area contributed by atoms with Crippen LogP contribution in [0.25, 0.3) is 10.9 Å². The third-order valence-corrected chi connectivity index (χ3v) is 3.86. The van der Waals surface area contributed by atoms with E-state index in [4.69, 9.17) is 5.73 Å². The lowest BCUT2D eigenvalue weighted by Crippen LogP contribution is -2.24. The number of aromatic nitrogens is 1. The highest BCUT2D eigenvalue weighted by molar-refractivity contribution is 5.87. The Morgan fingerprint density at radius 1 is 1.31 bits per heavy atom. The number of hydrogen-bond donors (Lipinski definition) is 2. The number of fused-ring (bicyclic) bond motifs is 1. The van der Waals surface area contributed by atoms with Crippen LogP contribution in [0.1, 0.15) is 29.7 Å². The van der Waals surface area contributed by atoms with E-state index in [-0.39, 0.29) is 5.54 Å². The molecular formula is C14H18N2.